The van der Waals surface area contributed by atoms with Gasteiger partial charge in [-0.3, -0.25) is 9.59 Å². The van der Waals surface area contributed by atoms with E-state index < -0.39 is 16.1 Å². The third-order valence-corrected chi connectivity index (χ3v) is 6.94. The molecule has 2 aliphatic heterocycles. The van der Waals surface area contributed by atoms with E-state index in [0.717, 1.165) is 12.8 Å². The molecule has 3 rings (SSSR count). The molecular weight excluding hydrogens is 370 g/mol. The molecule has 2 fully saturated rings. The molecule has 1 unspecified atom stereocenters. The molecule has 3 heterocycles. The topological polar surface area (TPSA) is 91.1 Å². The molecule has 0 N–H and O–H groups in total. The van der Waals surface area contributed by atoms with Crippen LogP contribution < -0.4 is 0 Å². The Hall–Kier alpha value is -1.87. The summed E-state index contributed by atoms with van der Waals surface area (Å²) in [4.78, 5) is 29.2. The van der Waals surface area contributed by atoms with Gasteiger partial charge in [0.25, 0.3) is 5.91 Å². The summed E-state index contributed by atoms with van der Waals surface area (Å²) in [6.07, 6.45) is 6.29. The number of likely N-dealkylation sites (tertiary alicyclic amines) is 2. The summed E-state index contributed by atoms with van der Waals surface area (Å²) in [7, 11) is -1.65. The second-order valence-corrected chi connectivity index (χ2v) is 9.37. The first-order chi connectivity index (χ1) is 12.8. The lowest BCUT2D eigenvalue weighted by Crippen LogP contribution is -2.55. The summed E-state index contributed by atoms with van der Waals surface area (Å²) in [6, 6.07) is 2.72. The Morgan fingerprint density at radius 3 is 2.44 bits per heavy atom. The molecule has 0 aliphatic carbocycles. The largest absolute Gasteiger partial charge is 0.459 e. The van der Waals surface area contributed by atoms with E-state index in [-0.39, 0.29) is 23.6 Å². The van der Waals surface area contributed by atoms with Gasteiger partial charge < -0.3 is 14.2 Å². The fourth-order valence-electron chi connectivity index (χ4n) is 3.90. The van der Waals surface area contributed by atoms with Crippen LogP contribution in [0.25, 0.3) is 0 Å². The number of carbonyl (C=O) groups excluding carboxylic acids is 2. The minimum Gasteiger partial charge on any atom is -0.459 e. The van der Waals surface area contributed by atoms with Gasteiger partial charge in [-0.05, 0) is 44.2 Å². The van der Waals surface area contributed by atoms with Crippen molar-refractivity contribution in [3.63, 3.8) is 0 Å². The quantitative estimate of drug-likeness (QED) is 0.760. The van der Waals surface area contributed by atoms with Crippen LogP contribution in [0.3, 0.4) is 0 Å². The fraction of sp³-hybridized carbons (Fsp3) is 0.667. The smallest absolute Gasteiger partial charge is 0.290 e. The van der Waals surface area contributed by atoms with Gasteiger partial charge in [-0.15, -0.1) is 0 Å². The van der Waals surface area contributed by atoms with Gasteiger partial charge >= 0.3 is 0 Å². The lowest BCUT2D eigenvalue weighted by atomic mass is 9.98. The Morgan fingerprint density at radius 2 is 1.85 bits per heavy atom. The monoisotopic (exact) mass is 397 g/mol. The third kappa shape index (κ3) is 4.35. The lowest BCUT2D eigenvalue weighted by molar-refractivity contribution is -0.138. The fourth-order valence-corrected chi connectivity index (χ4v) is 4.66. The van der Waals surface area contributed by atoms with E-state index in [1.54, 1.807) is 29.0 Å². The second kappa shape index (κ2) is 8.02. The highest BCUT2D eigenvalue weighted by molar-refractivity contribution is 7.88. The number of hydrogen-bond acceptors (Lipinski definition) is 5. The molecule has 2 amide bonds. The van der Waals surface area contributed by atoms with Gasteiger partial charge in [0.1, 0.15) is 6.04 Å². The zero-order chi connectivity index (χ0) is 19.6. The van der Waals surface area contributed by atoms with E-state index in [0.29, 0.717) is 38.9 Å². The number of nitrogens with zero attached hydrogens (tertiary/aromatic N) is 3. The number of hydrogen-bond donors (Lipinski definition) is 0. The Morgan fingerprint density at radius 1 is 1.15 bits per heavy atom. The molecule has 0 bridgehead atoms. The first-order valence-electron chi connectivity index (χ1n) is 9.35. The molecule has 9 heteroatoms. The van der Waals surface area contributed by atoms with E-state index in [1.807, 2.05) is 0 Å². The lowest BCUT2D eigenvalue weighted by Gasteiger charge is -2.40. The van der Waals surface area contributed by atoms with Gasteiger partial charge in [0.15, 0.2) is 5.76 Å². The zero-order valence-corrected chi connectivity index (χ0v) is 16.7. The van der Waals surface area contributed by atoms with Gasteiger partial charge in [-0.1, -0.05) is 0 Å². The van der Waals surface area contributed by atoms with Gasteiger partial charge in [-0.25, -0.2) is 12.7 Å². The van der Waals surface area contributed by atoms with Gasteiger partial charge in [-0.2, -0.15) is 0 Å². The van der Waals surface area contributed by atoms with Crippen LogP contribution in [0.1, 0.15) is 42.7 Å². The highest BCUT2D eigenvalue weighted by Crippen LogP contribution is 2.24. The van der Waals surface area contributed by atoms with Crippen molar-refractivity contribution in [2.24, 2.45) is 0 Å². The Labute approximate surface area is 160 Å². The Bertz CT molecular complexity index is 769. The summed E-state index contributed by atoms with van der Waals surface area (Å²) in [5, 5.41) is 0. The van der Waals surface area contributed by atoms with Gasteiger partial charge in [0.05, 0.1) is 12.5 Å². The number of furan rings is 1. The summed E-state index contributed by atoms with van der Waals surface area (Å²) in [5.41, 5.74) is 0. The van der Waals surface area contributed by atoms with Crippen LogP contribution in [0.2, 0.25) is 0 Å². The van der Waals surface area contributed by atoms with E-state index >= 15 is 0 Å². The minimum atomic E-state index is -3.24. The zero-order valence-electron chi connectivity index (χ0n) is 15.8. The molecular formula is C18H27N3O5S. The van der Waals surface area contributed by atoms with Crippen LogP contribution in [0, 0.1) is 0 Å². The third-order valence-electron chi connectivity index (χ3n) is 5.59. The molecule has 0 saturated carbocycles. The average molecular weight is 397 g/mol. The molecule has 27 heavy (non-hydrogen) atoms. The summed E-state index contributed by atoms with van der Waals surface area (Å²) in [5.74, 6) is -0.0389. The van der Waals surface area contributed by atoms with Crippen LogP contribution in [0.5, 0.6) is 0 Å². The minimum absolute atomic E-state index is 0.0462. The van der Waals surface area contributed by atoms with Crippen molar-refractivity contribution in [3.05, 3.63) is 24.2 Å². The highest BCUT2D eigenvalue weighted by Gasteiger charge is 2.38. The van der Waals surface area contributed by atoms with Crippen molar-refractivity contribution in [3.8, 4) is 0 Å². The second-order valence-electron chi connectivity index (χ2n) is 7.32. The van der Waals surface area contributed by atoms with Crippen molar-refractivity contribution in [1.82, 2.24) is 14.1 Å². The van der Waals surface area contributed by atoms with Crippen molar-refractivity contribution < 1.29 is 22.4 Å². The molecule has 0 radical (unpaired) electrons. The normalized spacial score (nSPS) is 22.3. The summed E-state index contributed by atoms with van der Waals surface area (Å²) >= 11 is 0. The number of carbonyl (C=O) groups is 2. The SMILES string of the molecule is CN(C1CCN(C(=O)C2CCCCN2C(=O)c2ccco2)CC1)S(C)(=O)=O. The molecule has 2 saturated heterocycles. The summed E-state index contributed by atoms with van der Waals surface area (Å²) in [6.45, 7) is 1.55. The van der Waals surface area contributed by atoms with E-state index in [1.165, 1.54) is 16.8 Å². The highest BCUT2D eigenvalue weighted by atomic mass is 32.2. The van der Waals surface area contributed by atoms with Crippen LogP contribution in [0.15, 0.2) is 22.8 Å². The maximum absolute atomic E-state index is 13.1. The maximum Gasteiger partial charge on any atom is 0.290 e. The number of amides is 2. The maximum atomic E-state index is 13.1. The Balaban J connectivity index is 1.65. The first kappa shape index (κ1) is 19.9. The standard InChI is InChI=1S/C18H27N3O5S/c1-19(27(2,24)25)14-8-11-20(12-9-14)17(22)15-6-3-4-10-21(15)18(23)16-7-5-13-26-16/h5,7,13-15H,3-4,6,8-12H2,1-2H3. The van der Waals surface area contributed by atoms with Gasteiger partial charge in [0.2, 0.25) is 15.9 Å². The number of rotatable bonds is 4. The van der Waals surface area contributed by atoms with Crippen LogP contribution in [-0.4, -0.2) is 79.4 Å². The number of piperidine rings is 2. The average Bonchev–Trinajstić information content (AvgIpc) is 3.20. The van der Waals surface area contributed by atoms with Crippen molar-refractivity contribution >= 4 is 21.8 Å². The molecule has 0 aromatic carbocycles. The van der Waals surface area contributed by atoms with E-state index in [4.69, 9.17) is 4.42 Å². The number of sulfonamides is 1. The predicted octanol–water partition coefficient (Wildman–Crippen LogP) is 1.16. The molecule has 2 aliphatic rings. The Kier molecular flexibility index (Phi) is 5.90. The van der Waals surface area contributed by atoms with Crippen molar-refractivity contribution in [1.29, 1.82) is 0 Å². The van der Waals surface area contributed by atoms with Crippen LogP contribution in [-0.2, 0) is 14.8 Å². The molecule has 1 aromatic rings. The van der Waals surface area contributed by atoms with Crippen LogP contribution >= 0.6 is 0 Å². The van der Waals surface area contributed by atoms with E-state index in [2.05, 4.69) is 0 Å². The first-order valence-corrected chi connectivity index (χ1v) is 11.2. The van der Waals surface area contributed by atoms with Crippen molar-refractivity contribution in [2.45, 2.75) is 44.2 Å². The van der Waals surface area contributed by atoms with Crippen LogP contribution in [0.4, 0.5) is 0 Å². The predicted molar refractivity (Wildman–Crippen MR) is 99.6 cm³/mol. The van der Waals surface area contributed by atoms with Crippen molar-refractivity contribution in [2.75, 3.05) is 32.9 Å². The molecule has 150 valence electrons. The molecule has 1 atom stereocenters. The molecule has 1 aromatic heterocycles. The summed E-state index contributed by atoms with van der Waals surface area (Å²) < 4.78 is 30.0. The molecule has 0 spiro atoms. The van der Waals surface area contributed by atoms with E-state index in [9.17, 15) is 18.0 Å². The molecule has 8 nitrogen and oxygen atoms in total. The van der Waals surface area contributed by atoms with Gasteiger partial charge in [0, 0.05) is 32.7 Å².